The Labute approximate surface area is 259 Å². The standard InChI is InChI=1S/C20H14N4.C16H30O4/c1-2-14-10-16-5-6-18(23-16)12-20-8-7-19(24-20)11-17-4-3-15(22-17)9-13(1)21-14;1-2-3-4-5-6-7-8-9-10-11-12-13-16(19)20-14-15(17)18/h1-12,21,24H;2-14H2,1H3,(H,17,18). The highest BCUT2D eigenvalue weighted by Crippen LogP contribution is 2.17. The molecular formula is C36H44N4O4. The van der Waals surface area contributed by atoms with E-state index in [1.54, 1.807) is 0 Å². The third-order valence-electron chi connectivity index (χ3n) is 7.38. The Hall–Kier alpha value is -4.46. The zero-order chi connectivity index (χ0) is 31.0. The van der Waals surface area contributed by atoms with Crippen LogP contribution in [-0.4, -0.2) is 43.6 Å². The first-order valence-electron chi connectivity index (χ1n) is 15.9. The first kappa shape index (κ1) is 32.5. The largest absolute Gasteiger partial charge is 0.479 e. The van der Waals surface area contributed by atoms with Gasteiger partial charge in [-0.25, -0.2) is 14.8 Å². The predicted octanol–water partition coefficient (Wildman–Crippen LogP) is 8.97. The summed E-state index contributed by atoms with van der Waals surface area (Å²) in [5.41, 5.74) is 7.86. The molecule has 0 saturated carbocycles. The zero-order valence-corrected chi connectivity index (χ0v) is 25.7. The number of hydrogen-bond donors (Lipinski definition) is 3. The van der Waals surface area contributed by atoms with Gasteiger partial charge in [0.2, 0.25) is 0 Å². The van der Waals surface area contributed by atoms with Crippen molar-refractivity contribution in [1.82, 2.24) is 19.9 Å². The van der Waals surface area contributed by atoms with Gasteiger partial charge in [0.15, 0.2) is 6.61 Å². The quantitative estimate of drug-likeness (QED) is 0.0869. The van der Waals surface area contributed by atoms with E-state index in [-0.39, 0.29) is 0 Å². The molecule has 232 valence electrons. The molecule has 5 heterocycles. The molecule has 44 heavy (non-hydrogen) atoms. The van der Waals surface area contributed by atoms with Crippen LogP contribution in [0.25, 0.3) is 46.4 Å². The molecule has 2 aliphatic rings. The van der Waals surface area contributed by atoms with Gasteiger partial charge in [0.05, 0.1) is 22.8 Å². The lowest BCUT2D eigenvalue weighted by atomic mass is 10.1. The Morgan fingerprint density at radius 3 is 1.34 bits per heavy atom. The lowest BCUT2D eigenvalue weighted by Crippen LogP contribution is -2.12. The van der Waals surface area contributed by atoms with E-state index in [0.29, 0.717) is 6.42 Å². The molecule has 0 saturated heterocycles. The van der Waals surface area contributed by atoms with Gasteiger partial charge in [0.25, 0.3) is 0 Å². The highest BCUT2D eigenvalue weighted by molar-refractivity contribution is 5.77. The van der Waals surface area contributed by atoms with Crippen LogP contribution in [-0.2, 0) is 14.3 Å². The second-order valence-electron chi connectivity index (χ2n) is 11.2. The van der Waals surface area contributed by atoms with Crippen LogP contribution >= 0.6 is 0 Å². The van der Waals surface area contributed by atoms with Crippen LogP contribution in [0, 0.1) is 0 Å². The Balaban J connectivity index is 0.000000206. The van der Waals surface area contributed by atoms with E-state index in [9.17, 15) is 9.59 Å². The molecule has 2 aliphatic heterocycles. The maximum atomic E-state index is 11.1. The minimum absolute atomic E-state index is 0.338. The number of hydrogen-bond acceptors (Lipinski definition) is 5. The molecule has 0 aromatic carbocycles. The van der Waals surface area contributed by atoms with Crippen molar-refractivity contribution in [3.8, 4) is 0 Å². The first-order chi connectivity index (χ1) is 21.5. The van der Waals surface area contributed by atoms with Gasteiger partial charge in [0.1, 0.15) is 0 Å². The van der Waals surface area contributed by atoms with Gasteiger partial charge in [-0.2, -0.15) is 0 Å². The first-order valence-corrected chi connectivity index (χ1v) is 15.9. The van der Waals surface area contributed by atoms with Crippen LogP contribution in [0.3, 0.4) is 0 Å². The van der Waals surface area contributed by atoms with Gasteiger partial charge < -0.3 is 19.8 Å². The van der Waals surface area contributed by atoms with Crippen molar-refractivity contribution >= 4 is 58.3 Å². The van der Waals surface area contributed by atoms with Crippen LogP contribution in [0.15, 0.2) is 48.5 Å². The number of carbonyl (C=O) groups is 2. The zero-order valence-electron chi connectivity index (χ0n) is 25.7. The molecular weight excluding hydrogens is 552 g/mol. The van der Waals surface area contributed by atoms with Gasteiger partial charge in [-0.1, -0.05) is 71.1 Å². The van der Waals surface area contributed by atoms with Crippen molar-refractivity contribution in [3.63, 3.8) is 0 Å². The Bertz CT molecular complexity index is 1420. The Kier molecular flexibility index (Phi) is 13.0. The summed E-state index contributed by atoms with van der Waals surface area (Å²) in [5, 5.41) is 8.35. The Morgan fingerprint density at radius 1 is 0.614 bits per heavy atom. The summed E-state index contributed by atoms with van der Waals surface area (Å²) in [7, 11) is 0. The van der Waals surface area contributed by atoms with E-state index in [1.807, 2.05) is 48.6 Å². The van der Waals surface area contributed by atoms with Gasteiger partial charge in [-0.3, -0.25) is 4.79 Å². The third kappa shape index (κ3) is 11.7. The van der Waals surface area contributed by atoms with Crippen molar-refractivity contribution in [2.75, 3.05) is 6.61 Å². The molecule has 0 radical (unpaired) electrons. The van der Waals surface area contributed by atoms with Crippen LogP contribution < -0.4 is 0 Å². The van der Waals surface area contributed by atoms with E-state index in [0.717, 1.165) is 64.1 Å². The minimum atomic E-state index is -1.10. The van der Waals surface area contributed by atoms with Gasteiger partial charge >= 0.3 is 11.9 Å². The number of H-pyrrole nitrogens is 2. The molecule has 8 heteroatoms. The summed E-state index contributed by atoms with van der Waals surface area (Å²) in [6.07, 6.45) is 22.0. The summed E-state index contributed by atoms with van der Waals surface area (Å²) < 4.78 is 4.56. The number of nitrogens with zero attached hydrogens (tertiary/aromatic N) is 2. The predicted molar refractivity (Wildman–Crippen MR) is 179 cm³/mol. The smallest absolute Gasteiger partial charge is 0.341 e. The maximum Gasteiger partial charge on any atom is 0.341 e. The molecule has 0 unspecified atom stereocenters. The van der Waals surface area contributed by atoms with Crippen molar-refractivity contribution in [3.05, 3.63) is 71.3 Å². The van der Waals surface area contributed by atoms with Crippen molar-refractivity contribution < 1.29 is 19.4 Å². The topological polar surface area (TPSA) is 121 Å². The molecule has 8 nitrogen and oxygen atoms in total. The Morgan fingerprint density at radius 2 is 0.977 bits per heavy atom. The fraction of sp³-hybridized carbons (Fsp3) is 0.389. The van der Waals surface area contributed by atoms with Gasteiger partial charge in [-0.05, 0) is 79.3 Å². The molecule has 5 rings (SSSR count). The van der Waals surface area contributed by atoms with E-state index in [1.165, 1.54) is 51.4 Å². The molecule has 0 spiro atoms. The molecule has 0 fully saturated rings. The van der Waals surface area contributed by atoms with Crippen molar-refractivity contribution in [2.24, 2.45) is 0 Å². The summed E-state index contributed by atoms with van der Waals surface area (Å²) in [6.45, 7) is 1.72. The van der Waals surface area contributed by atoms with E-state index >= 15 is 0 Å². The number of ether oxygens (including phenoxy) is 1. The number of esters is 1. The number of carbonyl (C=O) groups excluding carboxylic acids is 1. The number of aromatic nitrogens is 4. The molecule has 8 bridgehead atoms. The number of fused-ring (bicyclic) bond motifs is 8. The number of aliphatic carboxylic acids is 1. The number of nitrogens with one attached hydrogen (secondary N) is 2. The average molecular weight is 597 g/mol. The molecule has 0 amide bonds. The highest BCUT2D eigenvalue weighted by Gasteiger charge is 2.05. The molecule has 3 N–H and O–H groups in total. The van der Waals surface area contributed by atoms with E-state index in [4.69, 9.17) is 5.11 Å². The van der Waals surface area contributed by atoms with Crippen LogP contribution in [0.4, 0.5) is 0 Å². The molecule has 3 aromatic heterocycles. The second kappa shape index (κ2) is 17.6. The van der Waals surface area contributed by atoms with E-state index < -0.39 is 18.5 Å². The molecule has 0 atom stereocenters. The molecule has 0 aliphatic carbocycles. The summed E-state index contributed by atoms with van der Waals surface area (Å²) in [4.78, 5) is 37.3. The number of rotatable bonds is 14. The van der Waals surface area contributed by atoms with Crippen molar-refractivity contribution in [1.29, 1.82) is 0 Å². The third-order valence-corrected chi connectivity index (χ3v) is 7.38. The summed E-state index contributed by atoms with van der Waals surface area (Å²) in [6, 6.07) is 16.4. The fourth-order valence-electron chi connectivity index (χ4n) is 5.09. The summed E-state index contributed by atoms with van der Waals surface area (Å²) >= 11 is 0. The lowest BCUT2D eigenvalue weighted by Gasteiger charge is -2.03. The van der Waals surface area contributed by atoms with Gasteiger partial charge in [-0.15, -0.1) is 0 Å². The van der Waals surface area contributed by atoms with Crippen LogP contribution in [0.5, 0.6) is 0 Å². The van der Waals surface area contributed by atoms with Crippen molar-refractivity contribution in [2.45, 2.75) is 84.0 Å². The lowest BCUT2D eigenvalue weighted by molar-refractivity contribution is -0.155. The molecule has 3 aromatic rings. The number of aromatic amines is 2. The average Bonchev–Trinajstić information content (AvgIpc) is 3.82. The minimum Gasteiger partial charge on any atom is -0.479 e. The maximum absolute atomic E-state index is 11.1. The second-order valence-corrected chi connectivity index (χ2v) is 11.2. The van der Waals surface area contributed by atoms with Gasteiger partial charge in [0, 0.05) is 28.5 Å². The fourth-order valence-corrected chi connectivity index (χ4v) is 5.09. The monoisotopic (exact) mass is 596 g/mol. The van der Waals surface area contributed by atoms with Crippen LogP contribution in [0.1, 0.15) is 107 Å². The van der Waals surface area contributed by atoms with Crippen LogP contribution in [0.2, 0.25) is 0 Å². The van der Waals surface area contributed by atoms with E-state index in [2.05, 4.69) is 55.9 Å². The normalized spacial score (nSPS) is 11.7. The number of carboxylic acid groups (broad SMARTS) is 1. The highest BCUT2D eigenvalue weighted by atomic mass is 16.5. The number of carboxylic acids is 1. The number of unbranched alkanes of at least 4 members (excludes halogenated alkanes) is 10. The summed E-state index contributed by atoms with van der Waals surface area (Å²) in [5.74, 6) is -1.50. The SMILES string of the molecule is C1=Cc2cc3ccc(cc4nc(cc5ccc(cc1n2)[nH]5)C=C4)[nH]3.CCCCCCCCCCCCCC(=O)OCC(=O)O.